The number of hydrogen-bond acceptors (Lipinski definition) is 4. The zero-order chi connectivity index (χ0) is 19.0. The first-order valence-corrected chi connectivity index (χ1v) is 8.71. The molecule has 0 unspecified atom stereocenters. The summed E-state index contributed by atoms with van der Waals surface area (Å²) in [6.45, 7) is 1.96. The molecule has 4 rings (SSSR count). The van der Waals surface area contributed by atoms with Gasteiger partial charge in [-0.15, -0.1) is 0 Å². The summed E-state index contributed by atoms with van der Waals surface area (Å²) >= 11 is 0. The maximum atomic E-state index is 13.2. The number of nitrogens with zero attached hydrogens (tertiary/aromatic N) is 1. The molecule has 5 nitrogen and oxygen atoms in total. The molecule has 0 atom stereocenters. The van der Waals surface area contributed by atoms with Gasteiger partial charge in [0.1, 0.15) is 11.3 Å². The van der Waals surface area contributed by atoms with Gasteiger partial charge in [0.25, 0.3) is 0 Å². The molecular formula is C22H18N2O3. The molecule has 0 saturated carbocycles. The summed E-state index contributed by atoms with van der Waals surface area (Å²) < 4.78 is 6.91. The quantitative estimate of drug-likeness (QED) is 0.441. The van der Waals surface area contributed by atoms with Crippen LogP contribution >= 0.6 is 0 Å². The van der Waals surface area contributed by atoms with Crippen LogP contribution < -0.4 is 5.73 Å². The molecule has 0 saturated heterocycles. The van der Waals surface area contributed by atoms with Gasteiger partial charge in [0.05, 0.1) is 17.8 Å². The van der Waals surface area contributed by atoms with E-state index in [1.54, 1.807) is 41.8 Å². The molecule has 0 aliphatic heterocycles. The second-order valence-electron chi connectivity index (χ2n) is 6.17. The van der Waals surface area contributed by atoms with E-state index in [0.717, 1.165) is 10.8 Å². The molecule has 134 valence electrons. The number of benzene rings is 2. The number of aromatic nitrogens is 1. The Bertz CT molecular complexity index is 1180. The van der Waals surface area contributed by atoms with Crippen LogP contribution in [0.3, 0.4) is 0 Å². The van der Waals surface area contributed by atoms with Crippen LogP contribution in [0, 0.1) is 0 Å². The fourth-order valence-corrected chi connectivity index (χ4v) is 3.40. The summed E-state index contributed by atoms with van der Waals surface area (Å²) in [7, 11) is 0. The van der Waals surface area contributed by atoms with Crippen molar-refractivity contribution in [2.75, 3.05) is 12.3 Å². The highest BCUT2D eigenvalue weighted by molar-refractivity contribution is 6.20. The lowest BCUT2D eigenvalue weighted by atomic mass is 10.1. The second kappa shape index (κ2) is 6.61. The molecule has 0 aliphatic carbocycles. The standard InChI is InChI=1S/C22H18N2O3/c1-2-27-22(26)17-18(23)20(21(25)15-9-4-3-5-10-15)24-13-12-14-8-6-7-11-16(14)19(17)24/h3-13H,2,23H2,1H3. The first-order chi connectivity index (χ1) is 13.1. The molecule has 27 heavy (non-hydrogen) atoms. The zero-order valence-electron chi connectivity index (χ0n) is 14.8. The Kier molecular flexibility index (Phi) is 4.12. The number of pyridine rings is 1. The number of nitrogen functional groups attached to an aromatic ring is 1. The first-order valence-electron chi connectivity index (χ1n) is 8.71. The lowest BCUT2D eigenvalue weighted by Crippen LogP contribution is -2.09. The van der Waals surface area contributed by atoms with Crippen molar-refractivity contribution in [2.24, 2.45) is 0 Å². The number of carbonyl (C=O) groups excluding carboxylic acids is 2. The molecule has 0 radical (unpaired) electrons. The molecule has 2 aromatic carbocycles. The number of carbonyl (C=O) groups is 2. The average molecular weight is 358 g/mol. The Morgan fingerprint density at radius 1 is 1.00 bits per heavy atom. The zero-order valence-corrected chi connectivity index (χ0v) is 14.8. The fourth-order valence-electron chi connectivity index (χ4n) is 3.40. The fraction of sp³-hybridized carbons (Fsp3) is 0.0909. The van der Waals surface area contributed by atoms with Crippen LogP contribution in [0.1, 0.15) is 33.3 Å². The first kappa shape index (κ1) is 16.8. The summed E-state index contributed by atoms with van der Waals surface area (Å²) in [4.78, 5) is 25.8. The smallest absolute Gasteiger partial charge is 0.342 e. The summed E-state index contributed by atoms with van der Waals surface area (Å²) in [5.74, 6) is -0.773. The molecular weight excluding hydrogens is 340 g/mol. The van der Waals surface area contributed by atoms with Crippen molar-refractivity contribution in [1.29, 1.82) is 0 Å². The average Bonchev–Trinajstić information content (AvgIpc) is 3.00. The van der Waals surface area contributed by atoms with Crippen molar-refractivity contribution in [1.82, 2.24) is 4.40 Å². The molecule has 4 aromatic rings. The predicted molar refractivity (Wildman–Crippen MR) is 105 cm³/mol. The van der Waals surface area contributed by atoms with E-state index < -0.39 is 5.97 Å². The highest BCUT2D eigenvalue weighted by atomic mass is 16.5. The lowest BCUT2D eigenvalue weighted by molar-refractivity contribution is 0.0530. The molecule has 0 fully saturated rings. The van der Waals surface area contributed by atoms with E-state index in [4.69, 9.17) is 10.5 Å². The minimum absolute atomic E-state index is 0.138. The van der Waals surface area contributed by atoms with Gasteiger partial charge in [0, 0.05) is 17.1 Å². The number of rotatable bonds is 4. The SMILES string of the molecule is CCOC(=O)c1c(N)c(C(=O)c2ccccc2)n2ccc3ccccc3c12. The monoisotopic (exact) mass is 358 g/mol. The molecule has 5 heteroatoms. The molecule has 0 bridgehead atoms. The molecule has 0 spiro atoms. The summed E-state index contributed by atoms with van der Waals surface area (Å²) in [5.41, 5.74) is 8.06. The number of ether oxygens (including phenoxy) is 1. The maximum Gasteiger partial charge on any atom is 0.342 e. The molecule has 0 amide bonds. The van der Waals surface area contributed by atoms with Crippen LogP contribution in [0.2, 0.25) is 0 Å². The van der Waals surface area contributed by atoms with Crippen molar-refractivity contribution in [3.63, 3.8) is 0 Å². The number of anilines is 1. The molecule has 2 aromatic heterocycles. The number of esters is 1. The van der Waals surface area contributed by atoms with Crippen molar-refractivity contribution >= 4 is 33.7 Å². The lowest BCUT2D eigenvalue weighted by Gasteiger charge is -2.06. The Labute approximate surface area is 156 Å². The van der Waals surface area contributed by atoms with Gasteiger partial charge in [-0.05, 0) is 18.4 Å². The van der Waals surface area contributed by atoms with Gasteiger partial charge < -0.3 is 14.9 Å². The number of ketones is 1. The normalized spacial score (nSPS) is 11.0. The largest absolute Gasteiger partial charge is 0.462 e. The van der Waals surface area contributed by atoms with E-state index in [2.05, 4.69) is 0 Å². The van der Waals surface area contributed by atoms with Crippen molar-refractivity contribution in [3.05, 3.63) is 83.7 Å². The molecule has 2 N–H and O–H groups in total. The highest BCUT2D eigenvalue weighted by Crippen LogP contribution is 2.33. The third kappa shape index (κ3) is 2.64. The molecule has 2 heterocycles. The van der Waals surface area contributed by atoms with Crippen LogP contribution in [0.5, 0.6) is 0 Å². The van der Waals surface area contributed by atoms with Crippen LogP contribution in [0.25, 0.3) is 16.3 Å². The Morgan fingerprint density at radius 2 is 1.70 bits per heavy atom. The predicted octanol–water partition coefficient (Wildman–Crippen LogP) is 4.08. The van der Waals surface area contributed by atoms with E-state index in [0.29, 0.717) is 11.1 Å². The third-order valence-corrected chi connectivity index (χ3v) is 4.59. The van der Waals surface area contributed by atoms with E-state index in [-0.39, 0.29) is 29.3 Å². The minimum atomic E-state index is -0.532. The van der Waals surface area contributed by atoms with E-state index in [9.17, 15) is 9.59 Å². The summed E-state index contributed by atoms with van der Waals surface area (Å²) in [6.07, 6.45) is 1.77. The highest BCUT2D eigenvalue weighted by Gasteiger charge is 2.28. The van der Waals surface area contributed by atoms with Gasteiger partial charge in [0.2, 0.25) is 5.78 Å². The number of fused-ring (bicyclic) bond motifs is 3. The Morgan fingerprint density at radius 3 is 2.44 bits per heavy atom. The number of nitrogens with two attached hydrogens (primary N) is 1. The van der Waals surface area contributed by atoms with Gasteiger partial charge in [-0.1, -0.05) is 54.6 Å². The Balaban J connectivity index is 2.08. The maximum absolute atomic E-state index is 13.2. The molecule has 0 aliphatic rings. The van der Waals surface area contributed by atoms with Gasteiger partial charge in [-0.2, -0.15) is 0 Å². The van der Waals surface area contributed by atoms with E-state index in [1.807, 2.05) is 36.4 Å². The van der Waals surface area contributed by atoms with Gasteiger partial charge in [-0.25, -0.2) is 4.79 Å². The van der Waals surface area contributed by atoms with Gasteiger partial charge in [-0.3, -0.25) is 4.79 Å². The van der Waals surface area contributed by atoms with Crippen molar-refractivity contribution in [2.45, 2.75) is 6.92 Å². The summed E-state index contributed by atoms with van der Waals surface area (Å²) in [6, 6.07) is 18.5. The van der Waals surface area contributed by atoms with Crippen molar-refractivity contribution in [3.8, 4) is 0 Å². The number of hydrogen-bond donors (Lipinski definition) is 1. The van der Waals surface area contributed by atoms with E-state index in [1.165, 1.54) is 0 Å². The van der Waals surface area contributed by atoms with Crippen LogP contribution in [-0.4, -0.2) is 22.8 Å². The van der Waals surface area contributed by atoms with Gasteiger partial charge >= 0.3 is 5.97 Å². The summed E-state index contributed by atoms with van der Waals surface area (Å²) in [5, 5.41) is 1.79. The second-order valence-corrected chi connectivity index (χ2v) is 6.17. The third-order valence-electron chi connectivity index (χ3n) is 4.59. The van der Waals surface area contributed by atoms with Crippen LogP contribution in [-0.2, 0) is 4.74 Å². The minimum Gasteiger partial charge on any atom is -0.462 e. The van der Waals surface area contributed by atoms with Crippen LogP contribution in [0.4, 0.5) is 5.69 Å². The topological polar surface area (TPSA) is 73.8 Å². The van der Waals surface area contributed by atoms with Gasteiger partial charge in [0.15, 0.2) is 0 Å². The van der Waals surface area contributed by atoms with E-state index >= 15 is 0 Å². The Hall–Kier alpha value is -3.60. The van der Waals surface area contributed by atoms with Crippen molar-refractivity contribution < 1.29 is 14.3 Å². The van der Waals surface area contributed by atoms with Crippen LogP contribution in [0.15, 0.2) is 66.9 Å².